The monoisotopic (exact) mass is 307 g/mol. The highest BCUT2D eigenvalue weighted by Gasteiger charge is 2.24. The summed E-state index contributed by atoms with van der Waals surface area (Å²) in [6, 6.07) is 2.29. The van der Waals surface area contributed by atoms with Crippen molar-refractivity contribution in [3.05, 3.63) is 29.8 Å². The van der Waals surface area contributed by atoms with Crippen LogP contribution in [0.4, 0.5) is 8.78 Å². The zero-order chi connectivity index (χ0) is 15.4. The number of halogens is 2. The highest BCUT2D eigenvalue weighted by atomic mass is 32.2. The van der Waals surface area contributed by atoms with Gasteiger partial charge in [0.05, 0.1) is 0 Å². The molecule has 0 amide bonds. The van der Waals surface area contributed by atoms with Crippen molar-refractivity contribution in [1.29, 1.82) is 0 Å². The van der Waals surface area contributed by atoms with Gasteiger partial charge in [0, 0.05) is 13.2 Å². The van der Waals surface area contributed by atoms with Gasteiger partial charge in [-0.25, -0.2) is 21.9 Å². The number of rotatable bonds is 7. The Hall–Kier alpha value is -1.05. The largest absolute Gasteiger partial charge is 0.396 e. The van der Waals surface area contributed by atoms with Crippen LogP contribution >= 0.6 is 0 Å². The quantitative estimate of drug-likeness (QED) is 0.810. The summed E-state index contributed by atoms with van der Waals surface area (Å²) in [6.07, 6.45) is 1.15. The summed E-state index contributed by atoms with van der Waals surface area (Å²) < 4.78 is 52.7. The number of aliphatic hydroxyl groups excluding tert-OH is 1. The number of nitrogens with one attached hydrogen (secondary N) is 1. The molecule has 2 N–H and O–H groups in total. The Morgan fingerprint density at radius 3 is 2.55 bits per heavy atom. The van der Waals surface area contributed by atoms with Crippen molar-refractivity contribution in [1.82, 2.24) is 4.72 Å². The van der Waals surface area contributed by atoms with E-state index in [0.717, 1.165) is 12.1 Å². The van der Waals surface area contributed by atoms with E-state index in [1.807, 2.05) is 13.8 Å². The second-order valence-electron chi connectivity index (χ2n) is 5.39. The Labute approximate surface area is 117 Å². The van der Waals surface area contributed by atoms with Crippen molar-refractivity contribution >= 4 is 10.0 Å². The molecule has 0 spiro atoms. The molecular weight excluding hydrogens is 288 g/mol. The Morgan fingerprint density at radius 2 is 1.95 bits per heavy atom. The molecule has 1 rings (SSSR count). The van der Waals surface area contributed by atoms with Gasteiger partial charge in [-0.05, 0) is 36.5 Å². The third-order valence-electron chi connectivity index (χ3n) is 2.94. The average Bonchev–Trinajstić information content (AvgIpc) is 2.37. The van der Waals surface area contributed by atoms with E-state index in [0.29, 0.717) is 18.9 Å². The third kappa shape index (κ3) is 4.81. The van der Waals surface area contributed by atoms with Gasteiger partial charge in [-0.2, -0.15) is 0 Å². The third-order valence-corrected chi connectivity index (χ3v) is 4.35. The lowest BCUT2D eigenvalue weighted by molar-refractivity contribution is 0.242. The number of hydrogen-bond acceptors (Lipinski definition) is 3. The van der Waals surface area contributed by atoms with E-state index in [4.69, 9.17) is 5.11 Å². The van der Waals surface area contributed by atoms with E-state index >= 15 is 0 Å². The molecule has 0 aliphatic heterocycles. The maximum atomic E-state index is 13.5. The molecule has 1 aromatic rings. The van der Waals surface area contributed by atoms with Crippen molar-refractivity contribution < 1.29 is 22.3 Å². The van der Waals surface area contributed by atoms with Crippen LogP contribution in [0, 0.1) is 17.0 Å². The van der Waals surface area contributed by atoms with E-state index in [9.17, 15) is 17.2 Å². The topological polar surface area (TPSA) is 66.4 Å². The summed E-state index contributed by atoms with van der Waals surface area (Å²) in [4.78, 5) is -0.699. The van der Waals surface area contributed by atoms with Crippen LogP contribution < -0.4 is 4.72 Å². The van der Waals surface area contributed by atoms with Crippen LogP contribution in [0.15, 0.2) is 23.1 Å². The van der Waals surface area contributed by atoms with Crippen LogP contribution in [-0.4, -0.2) is 26.7 Å². The summed E-state index contributed by atoms with van der Waals surface area (Å²) in [5, 5.41) is 8.77. The van der Waals surface area contributed by atoms with E-state index in [-0.39, 0.29) is 18.6 Å². The molecule has 0 saturated carbocycles. The molecule has 0 fully saturated rings. The first-order valence-electron chi connectivity index (χ1n) is 6.23. The van der Waals surface area contributed by atoms with Crippen molar-refractivity contribution in [2.24, 2.45) is 5.41 Å². The highest BCUT2D eigenvalue weighted by molar-refractivity contribution is 7.89. The van der Waals surface area contributed by atoms with E-state index in [1.165, 1.54) is 0 Å². The van der Waals surface area contributed by atoms with Crippen LogP contribution in [-0.2, 0) is 10.0 Å². The van der Waals surface area contributed by atoms with Gasteiger partial charge in [0.15, 0.2) is 0 Å². The average molecular weight is 307 g/mol. The Balaban J connectivity index is 2.83. The van der Waals surface area contributed by atoms with Gasteiger partial charge in [-0.1, -0.05) is 13.8 Å². The van der Waals surface area contributed by atoms with E-state index in [2.05, 4.69) is 4.72 Å². The van der Waals surface area contributed by atoms with Crippen LogP contribution in [0.5, 0.6) is 0 Å². The second-order valence-corrected chi connectivity index (χ2v) is 7.13. The predicted molar refractivity (Wildman–Crippen MR) is 71.6 cm³/mol. The van der Waals surface area contributed by atoms with Gasteiger partial charge in [-0.3, -0.25) is 0 Å². The minimum atomic E-state index is -4.10. The lowest BCUT2D eigenvalue weighted by Crippen LogP contribution is -2.34. The Morgan fingerprint density at radius 1 is 1.30 bits per heavy atom. The van der Waals surface area contributed by atoms with Crippen LogP contribution in [0.3, 0.4) is 0 Å². The SMILES string of the molecule is CC(C)(CCCO)CNS(=O)(=O)c1cc(F)ccc1F. The molecule has 0 bridgehead atoms. The summed E-state index contributed by atoms with van der Waals surface area (Å²) in [5.74, 6) is -1.81. The van der Waals surface area contributed by atoms with Crippen LogP contribution in [0.1, 0.15) is 26.7 Å². The Bertz CT molecular complexity index is 559. The maximum absolute atomic E-state index is 13.5. The molecular formula is C13H19F2NO3S. The molecule has 0 heterocycles. The van der Waals surface area contributed by atoms with E-state index < -0.39 is 26.6 Å². The second kappa shape index (κ2) is 6.60. The molecule has 0 atom stereocenters. The molecule has 0 aromatic heterocycles. The van der Waals surface area contributed by atoms with Gasteiger partial charge < -0.3 is 5.11 Å². The minimum absolute atomic E-state index is 0.0225. The summed E-state index contributed by atoms with van der Waals surface area (Å²) in [5.41, 5.74) is -0.389. The molecule has 20 heavy (non-hydrogen) atoms. The molecule has 0 radical (unpaired) electrons. The van der Waals surface area contributed by atoms with E-state index in [1.54, 1.807) is 0 Å². The van der Waals surface area contributed by atoms with Crippen molar-refractivity contribution in [3.8, 4) is 0 Å². The number of sulfonamides is 1. The molecule has 4 nitrogen and oxygen atoms in total. The fourth-order valence-electron chi connectivity index (χ4n) is 1.70. The van der Waals surface area contributed by atoms with Gasteiger partial charge in [0.2, 0.25) is 10.0 Å². The molecule has 7 heteroatoms. The zero-order valence-corrected chi connectivity index (χ0v) is 12.3. The smallest absolute Gasteiger partial charge is 0.243 e. The number of hydrogen-bond donors (Lipinski definition) is 2. The fourth-order valence-corrected chi connectivity index (χ4v) is 3.03. The van der Waals surface area contributed by atoms with Gasteiger partial charge >= 0.3 is 0 Å². The normalized spacial score (nSPS) is 12.7. The van der Waals surface area contributed by atoms with Gasteiger partial charge in [0.25, 0.3) is 0 Å². The molecule has 0 unspecified atom stereocenters. The van der Waals surface area contributed by atoms with Crippen molar-refractivity contribution in [3.63, 3.8) is 0 Å². The number of aliphatic hydroxyl groups is 1. The fraction of sp³-hybridized carbons (Fsp3) is 0.538. The van der Waals surface area contributed by atoms with Crippen molar-refractivity contribution in [2.45, 2.75) is 31.6 Å². The maximum Gasteiger partial charge on any atom is 0.243 e. The lowest BCUT2D eigenvalue weighted by atomic mass is 9.88. The predicted octanol–water partition coefficient (Wildman–Crippen LogP) is 2.04. The molecule has 0 aliphatic rings. The first-order chi connectivity index (χ1) is 9.18. The van der Waals surface area contributed by atoms with Gasteiger partial charge in [-0.15, -0.1) is 0 Å². The molecule has 114 valence electrons. The summed E-state index contributed by atoms with van der Waals surface area (Å²) in [7, 11) is -4.10. The molecule has 0 aliphatic carbocycles. The van der Waals surface area contributed by atoms with Crippen molar-refractivity contribution in [2.75, 3.05) is 13.2 Å². The lowest BCUT2D eigenvalue weighted by Gasteiger charge is -2.24. The highest BCUT2D eigenvalue weighted by Crippen LogP contribution is 2.22. The van der Waals surface area contributed by atoms with Gasteiger partial charge in [0.1, 0.15) is 16.5 Å². The molecule has 1 aromatic carbocycles. The Kier molecular flexibility index (Phi) is 5.61. The minimum Gasteiger partial charge on any atom is -0.396 e. The molecule has 0 saturated heterocycles. The zero-order valence-electron chi connectivity index (χ0n) is 11.5. The summed E-state index contributed by atoms with van der Waals surface area (Å²) in [6.45, 7) is 3.75. The first kappa shape index (κ1) is 17.0. The summed E-state index contributed by atoms with van der Waals surface area (Å²) >= 11 is 0. The number of benzene rings is 1. The van der Waals surface area contributed by atoms with Crippen LogP contribution in [0.2, 0.25) is 0 Å². The van der Waals surface area contributed by atoms with Crippen LogP contribution in [0.25, 0.3) is 0 Å². The standard InChI is InChI=1S/C13H19F2NO3S/c1-13(2,6-3-7-17)9-16-20(18,19)12-8-10(14)4-5-11(12)15/h4-5,8,16-17H,3,6-7,9H2,1-2H3. The first-order valence-corrected chi connectivity index (χ1v) is 7.72.